The van der Waals surface area contributed by atoms with E-state index in [1.54, 1.807) is 23.1 Å². The van der Waals surface area contributed by atoms with Crippen LogP contribution in [0.2, 0.25) is 5.02 Å². The van der Waals surface area contributed by atoms with E-state index in [1.165, 1.54) is 12.7 Å². The van der Waals surface area contributed by atoms with Crippen molar-refractivity contribution in [3.8, 4) is 0 Å². The fourth-order valence-electron chi connectivity index (χ4n) is 4.79. The molecule has 1 saturated carbocycles. The quantitative estimate of drug-likeness (QED) is 0.714. The number of carbonyl (C=O) groups excluding carboxylic acids is 2. The Hall–Kier alpha value is -2.64. The van der Waals surface area contributed by atoms with Gasteiger partial charge in [-0.25, -0.2) is 14.6 Å². The van der Waals surface area contributed by atoms with Crippen molar-refractivity contribution in [1.29, 1.82) is 0 Å². The summed E-state index contributed by atoms with van der Waals surface area (Å²) < 4.78 is 4.74. The van der Waals surface area contributed by atoms with Crippen LogP contribution in [0.4, 0.5) is 10.6 Å². The number of nitrogens with zero attached hydrogens (tertiary/aromatic N) is 3. The highest BCUT2D eigenvalue weighted by Gasteiger charge is 2.41. The maximum atomic E-state index is 13.2. The second-order valence-electron chi connectivity index (χ2n) is 8.23. The summed E-state index contributed by atoms with van der Waals surface area (Å²) in [5, 5.41) is 0.722. The van der Waals surface area contributed by atoms with Gasteiger partial charge in [0.05, 0.1) is 7.11 Å². The number of urea groups is 1. The molecule has 0 radical (unpaired) electrons. The third kappa shape index (κ3) is 4.12. The number of pyridine rings is 1. The monoisotopic (exact) mass is 442 g/mol. The van der Waals surface area contributed by atoms with Crippen LogP contribution >= 0.6 is 11.6 Å². The predicted molar refractivity (Wildman–Crippen MR) is 119 cm³/mol. The summed E-state index contributed by atoms with van der Waals surface area (Å²) in [6, 6.07) is 13.1. The Morgan fingerprint density at radius 1 is 1.23 bits per heavy atom. The highest BCUT2D eigenvalue weighted by molar-refractivity contribution is 6.30. The normalized spacial score (nSPS) is 23.8. The first-order chi connectivity index (χ1) is 15.0. The van der Waals surface area contributed by atoms with Crippen LogP contribution in [0.15, 0.2) is 42.5 Å². The Kier molecular flexibility index (Phi) is 6.16. The second kappa shape index (κ2) is 8.85. The Morgan fingerprint density at radius 3 is 2.65 bits per heavy atom. The number of nitrogens with two attached hydrogens (primary N) is 1. The van der Waals surface area contributed by atoms with E-state index >= 15 is 0 Å². The van der Waals surface area contributed by atoms with Crippen LogP contribution < -0.4 is 10.6 Å². The van der Waals surface area contributed by atoms with Gasteiger partial charge in [0.15, 0.2) is 5.69 Å². The van der Waals surface area contributed by atoms with Crippen LogP contribution in [-0.4, -0.2) is 54.7 Å². The van der Waals surface area contributed by atoms with E-state index in [4.69, 9.17) is 22.1 Å². The van der Waals surface area contributed by atoms with Gasteiger partial charge < -0.3 is 15.4 Å². The van der Waals surface area contributed by atoms with Gasteiger partial charge in [0.1, 0.15) is 5.82 Å². The van der Waals surface area contributed by atoms with Crippen LogP contribution in [0.3, 0.4) is 0 Å². The lowest BCUT2D eigenvalue weighted by Gasteiger charge is -2.42. The van der Waals surface area contributed by atoms with Crippen LogP contribution in [-0.2, 0) is 10.2 Å². The van der Waals surface area contributed by atoms with Crippen molar-refractivity contribution in [2.24, 2.45) is 5.73 Å². The molecule has 1 saturated heterocycles. The summed E-state index contributed by atoms with van der Waals surface area (Å²) >= 11 is 6.21. The summed E-state index contributed by atoms with van der Waals surface area (Å²) in [6.45, 7) is 1.74. The molecule has 1 aromatic heterocycles. The zero-order valence-corrected chi connectivity index (χ0v) is 18.3. The van der Waals surface area contributed by atoms with Crippen molar-refractivity contribution >= 4 is 29.4 Å². The number of rotatable bonds is 5. The topological polar surface area (TPSA) is 88.8 Å². The number of methoxy groups -OCH3 is 1. The zero-order chi connectivity index (χ0) is 22.0. The molecular weight excluding hydrogens is 416 g/mol. The first-order valence-corrected chi connectivity index (χ1v) is 10.9. The largest absolute Gasteiger partial charge is 0.464 e. The van der Waals surface area contributed by atoms with E-state index in [0.29, 0.717) is 25.5 Å². The van der Waals surface area contributed by atoms with Gasteiger partial charge in [-0.05, 0) is 55.5 Å². The number of amides is 2. The standard InChI is InChI=1S/C23H27ClN4O3/c1-31-21(29)19-6-3-7-20(26-19)28-13-12-27(22(28)30)18-8-10-23(15-25,11-9-18)16-4-2-5-17(24)14-16/h2-7,14,18H,8-13,15,25H2,1H3. The minimum absolute atomic E-state index is 0.0671. The van der Waals surface area contributed by atoms with Gasteiger partial charge in [0.2, 0.25) is 0 Å². The molecule has 1 aliphatic heterocycles. The fraction of sp³-hybridized carbons (Fsp3) is 0.435. The Morgan fingerprint density at radius 2 is 1.97 bits per heavy atom. The molecule has 31 heavy (non-hydrogen) atoms. The molecule has 2 aromatic rings. The maximum Gasteiger partial charge on any atom is 0.356 e. The number of hydrogen-bond donors (Lipinski definition) is 1. The van der Waals surface area contributed by atoms with E-state index < -0.39 is 5.97 Å². The molecule has 0 atom stereocenters. The highest BCUT2D eigenvalue weighted by Crippen LogP contribution is 2.41. The van der Waals surface area contributed by atoms with Crippen LogP contribution in [0.25, 0.3) is 0 Å². The van der Waals surface area contributed by atoms with Crippen molar-refractivity contribution in [3.05, 3.63) is 58.7 Å². The lowest BCUT2D eigenvalue weighted by atomic mass is 9.68. The van der Waals surface area contributed by atoms with Crippen molar-refractivity contribution < 1.29 is 14.3 Å². The molecule has 1 aliphatic carbocycles. The third-order valence-corrected chi connectivity index (χ3v) is 6.86. The molecule has 2 aliphatic rings. The molecule has 0 spiro atoms. The number of esters is 1. The first kappa shape index (κ1) is 21.6. The number of hydrogen-bond acceptors (Lipinski definition) is 5. The summed E-state index contributed by atoms with van der Waals surface area (Å²) in [4.78, 5) is 32.8. The molecule has 0 bridgehead atoms. The van der Waals surface area contributed by atoms with Crippen molar-refractivity contribution in [1.82, 2.24) is 9.88 Å². The highest BCUT2D eigenvalue weighted by atomic mass is 35.5. The lowest BCUT2D eigenvalue weighted by Crippen LogP contribution is -2.47. The molecule has 0 unspecified atom stereocenters. The average Bonchev–Trinajstić information content (AvgIpc) is 3.20. The summed E-state index contributed by atoms with van der Waals surface area (Å²) in [7, 11) is 1.31. The number of anilines is 1. The molecule has 2 fully saturated rings. The van der Waals surface area contributed by atoms with E-state index in [2.05, 4.69) is 11.1 Å². The van der Waals surface area contributed by atoms with Gasteiger partial charge >= 0.3 is 12.0 Å². The van der Waals surface area contributed by atoms with E-state index in [0.717, 1.165) is 30.7 Å². The first-order valence-electron chi connectivity index (χ1n) is 10.6. The minimum Gasteiger partial charge on any atom is -0.464 e. The maximum absolute atomic E-state index is 13.2. The molecule has 164 valence electrons. The Labute approximate surface area is 187 Å². The minimum atomic E-state index is -0.517. The van der Waals surface area contributed by atoms with Gasteiger partial charge in [-0.2, -0.15) is 0 Å². The van der Waals surface area contributed by atoms with Crippen LogP contribution in [0.1, 0.15) is 41.7 Å². The van der Waals surface area contributed by atoms with Gasteiger partial charge in [-0.3, -0.25) is 4.90 Å². The summed E-state index contributed by atoms with van der Waals surface area (Å²) in [6.07, 6.45) is 3.60. The number of halogens is 1. The lowest BCUT2D eigenvalue weighted by molar-refractivity contribution is 0.0594. The van der Waals surface area contributed by atoms with E-state index in [1.807, 2.05) is 23.1 Å². The van der Waals surface area contributed by atoms with Gasteiger partial charge in [0.25, 0.3) is 0 Å². The Balaban J connectivity index is 1.45. The van der Waals surface area contributed by atoms with E-state index in [9.17, 15) is 9.59 Å². The van der Waals surface area contributed by atoms with Gasteiger partial charge in [-0.1, -0.05) is 29.8 Å². The molecular formula is C23H27ClN4O3. The number of aromatic nitrogens is 1. The van der Waals surface area contributed by atoms with Gasteiger partial charge in [0, 0.05) is 36.1 Å². The molecule has 7 nitrogen and oxygen atoms in total. The van der Waals surface area contributed by atoms with Crippen molar-refractivity contribution in [2.45, 2.75) is 37.1 Å². The molecule has 2 N–H and O–H groups in total. The summed E-state index contributed by atoms with van der Waals surface area (Å²) in [5.41, 5.74) is 7.49. The number of ether oxygens (including phenoxy) is 1. The molecule has 2 heterocycles. The van der Waals surface area contributed by atoms with Crippen molar-refractivity contribution in [2.75, 3.05) is 31.6 Å². The molecule has 8 heteroatoms. The average molecular weight is 443 g/mol. The SMILES string of the molecule is COC(=O)c1cccc(N2CCN(C3CCC(CN)(c4cccc(Cl)c4)CC3)C2=O)n1. The van der Waals surface area contributed by atoms with Crippen LogP contribution in [0.5, 0.6) is 0 Å². The molecule has 1 aromatic carbocycles. The summed E-state index contributed by atoms with van der Waals surface area (Å²) in [5.74, 6) is -0.0433. The number of benzene rings is 1. The smallest absolute Gasteiger partial charge is 0.356 e. The zero-order valence-electron chi connectivity index (χ0n) is 17.6. The van der Waals surface area contributed by atoms with Gasteiger partial charge in [-0.15, -0.1) is 0 Å². The van der Waals surface area contributed by atoms with Crippen LogP contribution in [0, 0.1) is 0 Å². The predicted octanol–water partition coefficient (Wildman–Crippen LogP) is 3.60. The van der Waals surface area contributed by atoms with E-state index in [-0.39, 0.29) is 23.2 Å². The number of carbonyl (C=O) groups is 2. The fourth-order valence-corrected chi connectivity index (χ4v) is 4.98. The Bertz CT molecular complexity index is 975. The third-order valence-electron chi connectivity index (χ3n) is 6.63. The molecule has 2 amide bonds. The second-order valence-corrected chi connectivity index (χ2v) is 8.66. The van der Waals surface area contributed by atoms with Crippen molar-refractivity contribution in [3.63, 3.8) is 0 Å². The molecule has 4 rings (SSSR count).